The number of hydrogen-bond acceptors (Lipinski definition) is 5. The van der Waals surface area contributed by atoms with Crippen LogP contribution in [0.3, 0.4) is 0 Å². The Balaban J connectivity index is 2.00. The van der Waals surface area contributed by atoms with Gasteiger partial charge in [0.25, 0.3) is 0 Å². The minimum atomic E-state index is 0.0888. The zero-order chi connectivity index (χ0) is 12.1. The first-order chi connectivity index (χ1) is 8.29. The third kappa shape index (κ3) is 3.41. The lowest BCUT2D eigenvalue weighted by Gasteiger charge is -2.16. The molecule has 0 bridgehead atoms. The highest BCUT2D eigenvalue weighted by Crippen LogP contribution is 2.22. The van der Waals surface area contributed by atoms with Crippen LogP contribution in [0.5, 0.6) is 0 Å². The van der Waals surface area contributed by atoms with Crippen LogP contribution in [0.2, 0.25) is 0 Å². The minimum absolute atomic E-state index is 0.0888. The molecule has 5 nitrogen and oxygen atoms in total. The van der Waals surface area contributed by atoms with Gasteiger partial charge in [0.05, 0.1) is 6.54 Å². The van der Waals surface area contributed by atoms with E-state index in [0.717, 1.165) is 37.7 Å². The minimum Gasteiger partial charge on any atom is -0.354 e. The molecule has 0 atom stereocenters. The Labute approximate surface area is 105 Å². The first kappa shape index (κ1) is 12.3. The zero-order valence-corrected chi connectivity index (χ0v) is 10.8. The van der Waals surface area contributed by atoms with Crippen LogP contribution in [0.1, 0.15) is 18.2 Å². The van der Waals surface area contributed by atoms with Crippen molar-refractivity contribution in [2.24, 2.45) is 0 Å². The number of nitrogens with zero attached hydrogens (tertiary/aromatic N) is 2. The molecule has 2 N–H and O–H groups in total. The molecule has 0 aliphatic carbocycles. The predicted octanol–water partition coefficient (Wildman–Crippen LogP) is 0.579. The van der Waals surface area contributed by atoms with Gasteiger partial charge in [0.2, 0.25) is 5.91 Å². The van der Waals surface area contributed by atoms with E-state index in [1.807, 2.05) is 6.20 Å². The summed E-state index contributed by atoms with van der Waals surface area (Å²) in [6, 6.07) is 0. The average Bonchev–Trinajstić information content (AvgIpc) is 2.69. The van der Waals surface area contributed by atoms with Gasteiger partial charge in [-0.25, -0.2) is 4.98 Å². The van der Waals surface area contributed by atoms with Crippen molar-refractivity contribution in [1.29, 1.82) is 0 Å². The summed E-state index contributed by atoms with van der Waals surface area (Å²) >= 11 is 1.66. The second-order valence-corrected chi connectivity index (χ2v) is 5.11. The summed E-state index contributed by atoms with van der Waals surface area (Å²) in [6.07, 6.45) is 2.87. The molecule has 1 aliphatic rings. The van der Waals surface area contributed by atoms with Crippen LogP contribution in [-0.4, -0.2) is 37.1 Å². The Bertz CT molecular complexity index is 379. The predicted molar refractivity (Wildman–Crippen MR) is 69.3 cm³/mol. The molecule has 2 rings (SSSR count). The van der Waals surface area contributed by atoms with Crippen molar-refractivity contribution >= 4 is 22.4 Å². The Morgan fingerprint density at radius 1 is 1.65 bits per heavy atom. The van der Waals surface area contributed by atoms with Crippen molar-refractivity contribution in [1.82, 2.24) is 15.6 Å². The fourth-order valence-corrected chi connectivity index (χ4v) is 2.65. The fourth-order valence-electron chi connectivity index (χ4n) is 1.74. The van der Waals surface area contributed by atoms with Gasteiger partial charge in [-0.15, -0.1) is 11.3 Å². The van der Waals surface area contributed by atoms with Crippen LogP contribution >= 0.6 is 11.3 Å². The van der Waals surface area contributed by atoms with Crippen LogP contribution in [0.4, 0.5) is 5.13 Å². The van der Waals surface area contributed by atoms with Crippen molar-refractivity contribution in [3.8, 4) is 0 Å². The lowest BCUT2D eigenvalue weighted by atomic mass is 10.4. The van der Waals surface area contributed by atoms with Crippen molar-refractivity contribution in [2.45, 2.75) is 19.9 Å². The van der Waals surface area contributed by atoms with Gasteiger partial charge in [0.15, 0.2) is 5.13 Å². The maximum atomic E-state index is 11.5. The van der Waals surface area contributed by atoms with E-state index in [4.69, 9.17) is 0 Å². The summed E-state index contributed by atoms with van der Waals surface area (Å²) in [5, 5.41) is 7.10. The zero-order valence-electron chi connectivity index (χ0n) is 10.0. The number of carbonyl (C=O) groups is 1. The molecule has 0 spiro atoms. The van der Waals surface area contributed by atoms with Gasteiger partial charge in [0.1, 0.15) is 0 Å². The number of thiazole rings is 1. The van der Waals surface area contributed by atoms with E-state index in [1.165, 1.54) is 4.88 Å². The van der Waals surface area contributed by atoms with Crippen molar-refractivity contribution in [2.75, 3.05) is 31.1 Å². The normalized spacial score (nSPS) is 16.8. The monoisotopic (exact) mass is 254 g/mol. The molecular formula is C11H18N4OS. The van der Waals surface area contributed by atoms with Crippen molar-refractivity contribution in [3.05, 3.63) is 11.1 Å². The van der Waals surface area contributed by atoms with E-state index in [2.05, 4.69) is 27.4 Å². The molecular weight excluding hydrogens is 236 g/mol. The Morgan fingerprint density at radius 2 is 2.53 bits per heavy atom. The summed E-state index contributed by atoms with van der Waals surface area (Å²) in [7, 11) is 0. The average molecular weight is 254 g/mol. The van der Waals surface area contributed by atoms with Gasteiger partial charge in [-0.2, -0.15) is 0 Å². The largest absolute Gasteiger partial charge is 0.354 e. The van der Waals surface area contributed by atoms with Crippen LogP contribution in [0, 0.1) is 0 Å². The number of aromatic nitrogens is 1. The van der Waals surface area contributed by atoms with Crippen LogP contribution < -0.4 is 15.5 Å². The first-order valence-corrected chi connectivity index (χ1v) is 6.78. The fraction of sp³-hybridized carbons (Fsp3) is 0.636. The molecule has 1 amide bonds. The highest BCUT2D eigenvalue weighted by molar-refractivity contribution is 7.15. The van der Waals surface area contributed by atoms with Crippen LogP contribution in [0.15, 0.2) is 6.20 Å². The summed E-state index contributed by atoms with van der Waals surface area (Å²) in [6.45, 7) is 5.99. The molecule has 0 radical (unpaired) electrons. The maximum absolute atomic E-state index is 11.5. The van der Waals surface area contributed by atoms with E-state index < -0.39 is 0 Å². The van der Waals surface area contributed by atoms with E-state index in [1.54, 1.807) is 11.3 Å². The second-order valence-electron chi connectivity index (χ2n) is 4.01. The molecule has 0 saturated carbocycles. The Kier molecular flexibility index (Phi) is 4.33. The summed E-state index contributed by atoms with van der Waals surface area (Å²) < 4.78 is 0. The van der Waals surface area contributed by atoms with Gasteiger partial charge < -0.3 is 15.5 Å². The summed E-state index contributed by atoms with van der Waals surface area (Å²) in [5.41, 5.74) is 0. The van der Waals surface area contributed by atoms with Crippen LogP contribution in [0.25, 0.3) is 0 Å². The van der Waals surface area contributed by atoms with Crippen molar-refractivity contribution in [3.63, 3.8) is 0 Å². The number of rotatable bonds is 4. The number of nitrogens with one attached hydrogen (secondary N) is 2. The van der Waals surface area contributed by atoms with E-state index in [9.17, 15) is 4.79 Å². The van der Waals surface area contributed by atoms with Gasteiger partial charge in [-0.05, 0) is 13.0 Å². The summed E-state index contributed by atoms with van der Waals surface area (Å²) in [5.74, 6) is 0.0888. The molecule has 6 heteroatoms. The molecule has 2 heterocycles. The van der Waals surface area contributed by atoms with Gasteiger partial charge in [-0.3, -0.25) is 4.79 Å². The standard InChI is InChI=1S/C11H18N4OS/c1-2-12-6-9-7-14-11(17-9)15-5-3-4-13-10(16)8-15/h7,12H,2-6,8H2,1H3,(H,13,16). The number of amides is 1. The number of anilines is 1. The Hall–Kier alpha value is -1.14. The molecule has 1 aromatic heterocycles. The van der Waals surface area contributed by atoms with Gasteiger partial charge in [0, 0.05) is 30.7 Å². The molecule has 1 aliphatic heterocycles. The molecule has 1 saturated heterocycles. The number of hydrogen-bond donors (Lipinski definition) is 2. The van der Waals surface area contributed by atoms with E-state index >= 15 is 0 Å². The first-order valence-electron chi connectivity index (χ1n) is 5.96. The molecule has 94 valence electrons. The molecule has 17 heavy (non-hydrogen) atoms. The smallest absolute Gasteiger partial charge is 0.239 e. The SMILES string of the molecule is CCNCc1cnc(N2CCCNC(=O)C2)s1. The topological polar surface area (TPSA) is 57.3 Å². The molecule has 0 aromatic carbocycles. The number of carbonyl (C=O) groups excluding carboxylic acids is 1. The van der Waals surface area contributed by atoms with Gasteiger partial charge in [-0.1, -0.05) is 6.92 Å². The lowest BCUT2D eigenvalue weighted by Crippen LogP contribution is -2.32. The molecule has 1 fully saturated rings. The Morgan fingerprint density at radius 3 is 3.35 bits per heavy atom. The third-order valence-electron chi connectivity index (χ3n) is 2.62. The highest BCUT2D eigenvalue weighted by atomic mass is 32.1. The lowest BCUT2D eigenvalue weighted by molar-refractivity contribution is -0.119. The quantitative estimate of drug-likeness (QED) is 0.825. The maximum Gasteiger partial charge on any atom is 0.239 e. The van der Waals surface area contributed by atoms with Gasteiger partial charge >= 0.3 is 0 Å². The molecule has 0 unspecified atom stereocenters. The van der Waals surface area contributed by atoms with E-state index in [-0.39, 0.29) is 5.91 Å². The summed E-state index contributed by atoms with van der Waals surface area (Å²) in [4.78, 5) is 19.1. The third-order valence-corrected chi connectivity index (χ3v) is 3.68. The van der Waals surface area contributed by atoms with Crippen molar-refractivity contribution < 1.29 is 4.79 Å². The van der Waals surface area contributed by atoms with Crippen LogP contribution in [-0.2, 0) is 11.3 Å². The highest BCUT2D eigenvalue weighted by Gasteiger charge is 2.17. The molecule has 1 aromatic rings. The second kappa shape index (κ2) is 5.97. The van der Waals surface area contributed by atoms with E-state index in [0.29, 0.717) is 6.54 Å².